The predicted octanol–water partition coefficient (Wildman–Crippen LogP) is 3.83. The van der Waals surface area contributed by atoms with Gasteiger partial charge in [-0.2, -0.15) is 5.26 Å². The lowest BCUT2D eigenvalue weighted by molar-refractivity contribution is -0.0987. The molecule has 20 heavy (non-hydrogen) atoms. The van der Waals surface area contributed by atoms with Crippen molar-refractivity contribution in [3.8, 4) is 6.07 Å². The molecule has 0 aliphatic heterocycles. The third-order valence-electron chi connectivity index (χ3n) is 5.11. The summed E-state index contributed by atoms with van der Waals surface area (Å²) in [5.74, 6) is -0.250. The van der Waals surface area contributed by atoms with Gasteiger partial charge in [-0.1, -0.05) is 6.92 Å². The van der Waals surface area contributed by atoms with E-state index in [2.05, 4.69) is 13.0 Å². The summed E-state index contributed by atoms with van der Waals surface area (Å²) in [6.45, 7) is 2.35. The maximum absolute atomic E-state index is 12.3. The Hall–Kier alpha value is -1.82. The molecule has 0 atom stereocenters. The lowest BCUT2D eigenvalue weighted by Gasteiger charge is -2.51. The molecule has 0 aromatic heterocycles. The molecule has 104 valence electrons. The monoisotopic (exact) mass is 269 g/mol. The van der Waals surface area contributed by atoms with Gasteiger partial charge in [0.25, 0.3) is 0 Å². The van der Waals surface area contributed by atoms with Crippen LogP contribution >= 0.6 is 0 Å². The molecule has 3 aliphatic rings. The highest BCUT2D eigenvalue weighted by atomic mass is 16.6. The smallest absolute Gasteiger partial charge is 0.338 e. The van der Waals surface area contributed by atoms with Crippen molar-refractivity contribution in [2.45, 2.75) is 51.0 Å². The molecule has 0 spiro atoms. The number of rotatable bonds is 2. The average Bonchev–Trinajstić information content (AvgIpc) is 2.49. The highest BCUT2D eigenvalue weighted by Gasteiger charge is 2.48. The van der Waals surface area contributed by atoms with E-state index in [9.17, 15) is 4.79 Å². The highest BCUT2D eigenvalue weighted by Crippen LogP contribution is 2.53. The Morgan fingerprint density at radius 1 is 1.10 bits per heavy atom. The standard InChI is InChI=1S/C17H19NO2/c1-16-6-9-17(10-7-16,11-8-16)20-15(19)14-4-2-13(12-18)3-5-14/h2-5H,6-11H2,1H3. The molecule has 3 saturated carbocycles. The van der Waals surface area contributed by atoms with Crippen LogP contribution in [-0.2, 0) is 4.74 Å². The highest BCUT2D eigenvalue weighted by molar-refractivity contribution is 5.89. The molecule has 3 fully saturated rings. The Balaban J connectivity index is 1.71. The summed E-state index contributed by atoms with van der Waals surface area (Å²) in [5.41, 5.74) is 1.34. The summed E-state index contributed by atoms with van der Waals surface area (Å²) in [6, 6.07) is 8.72. The van der Waals surface area contributed by atoms with E-state index < -0.39 is 0 Å². The van der Waals surface area contributed by atoms with Crippen molar-refractivity contribution in [2.75, 3.05) is 0 Å². The molecule has 4 rings (SSSR count). The van der Waals surface area contributed by atoms with Crippen LogP contribution < -0.4 is 0 Å². The van der Waals surface area contributed by atoms with Gasteiger partial charge in [0.15, 0.2) is 0 Å². The van der Waals surface area contributed by atoms with Gasteiger partial charge < -0.3 is 4.74 Å². The van der Waals surface area contributed by atoms with E-state index in [1.165, 1.54) is 0 Å². The summed E-state index contributed by atoms with van der Waals surface area (Å²) < 4.78 is 5.85. The van der Waals surface area contributed by atoms with Crippen LogP contribution in [0.3, 0.4) is 0 Å². The van der Waals surface area contributed by atoms with E-state index >= 15 is 0 Å². The molecule has 3 heteroatoms. The second kappa shape index (κ2) is 4.63. The van der Waals surface area contributed by atoms with Crippen molar-refractivity contribution in [3.63, 3.8) is 0 Å². The minimum absolute atomic E-state index is 0.233. The fraction of sp³-hybridized carbons (Fsp3) is 0.529. The number of esters is 1. The van der Waals surface area contributed by atoms with Crippen LogP contribution in [0.5, 0.6) is 0 Å². The fourth-order valence-corrected chi connectivity index (χ4v) is 3.43. The van der Waals surface area contributed by atoms with Gasteiger partial charge in [0.05, 0.1) is 17.2 Å². The lowest BCUT2D eigenvalue weighted by atomic mass is 9.59. The van der Waals surface area contributed by atoms with Gasteiger partial charge in [-0.15, -0.1) is 0 Å². The fourth-order valence-electron chi connectivity index (χ4n) is 3.43. The SMILES string of the molecule is CC12CCC(OC(=O)c3ccc(C#N)cc3)(CC1)CC2. The lowest BCUT2D eigenvalue weighted by Crippen LogP contribution is -2.47. The zero-order chi connectivity index (χ0) is 14.2. The van der Waals surface area contributed by atoms with Crippen LogP contribution in [0.4, 0.5) is 0 Å². The van der Waals surface area contributed by atoms with Gasteiger partial charge in [0, 0.05) is 0 Å². The van der Waals surface area contributed by atoms with E-state index in [0.29, 0.717) is 16.5 Å². The topological polar surface area (TPSA) is 50.1 Å². The molecule has 3 nitrogen and oxygen atoms in total. The van der Waals surface area contributed by atoms with E-state index in [4.69, 9.17) is 10.00 Å². The van der Waals surface area contributed by atoms with Gasteiger partial charge in [-0.05, 0) is 68.2 Å². The molecule has 0 unspecified atom stereocenters. The third-order valence-corrected chi connectivity index (χ3v) is 5.11. The number of benzene rings is 1. The Bertz CT molecular complexity index is 543. The number of fused-ring (bicyclic) bond motifs is 3. The molecule has 2 bridgehead atoms. The average molecular weight is 269 g/mol. The van der Waals surface area contributed by atoms with E-state index in [0.717, 1.165) is 38.5 Å². The van der Waals surface area contributed by atoms with Gasteiger partial charge in [0.1, 0.15) is 5.60 Å². The first-order valence-corrected chi connectivity index (χ1v) is 7.28. The van der Waals surface area contributed by atoms with Gasteiger partial charge in [0.2, 0.25) is 0 Å². The molecule has 1 aromatic carbocycles. The maximum atomic E-state index is 12.3. The number of carbonyl (C=O) groups is 1. The number of carbonyl (C=O) groups excluding carboxylic acids is 1. The molecule has 1 aromatic rings. The Morgan fingerprint density at radius 2 is 1.65 bits per heavy atom. The molecule has 0 saturated heterocycles. The van der Waals surface area contributed by atoms with Gasteiger partial charge in [-0.3, -0.25) is 0 Å². The summed E-state index contributed by atoms with van der Waals surface area (Å²) >= 11 is 0. The van der Waals surface area contributed by atoms with Crippen LogP contribution in [0.2, 0.25) is 0 Å². The van der Waals surface area contributed by atoms with Crippen molar-refractivity contribution >= 4 is 5.97 Å². The van der Waals surface area contributed by atoms with Crippen LogP contribution in [0.1, 0.15) is 61.4 Å². The van der Waals surface area contributed by atoms with Gasteiger partial charge >= 0.3 is 5.97 Å². The number of ether oxygens (including phenoxy) is 1. The van der Waals surface area contributed by atoms with E-state index in [1.807, 2.05) is 0 Å². The molecule has 0 amide bonds. The second-order valence-electron chi connectivity index (χ2n) is 6.57. The molecule has 0 radical (unpaired) electrons. The largest absolute Gasteiger partial charge is 0.455 e. The first-order valence-electron chi connectivity index (χ1n) is 7.28. The van der Waals surface area contributed by atoms with Crippen LogP contribution in [0.25, 0.3) is 0 Å². The van der Waals surface area contributed by atoms with Crippen molar-refractivity contribution in [2.24, 2.45) is 5.41 Å². The number of nitriles is 1. The van der Waals surface area contributed by atoms with E-state index in [-0.39, 0.29) is 11.6 Å². The van der Waals surface area contributed by atoms with Crippen molar-refractivity contribution in [3.05, 3.63) is 35.4 Å². The molecule has 0 heterocycles. The predicted molar refractivity (Wildman–Crippen MR) is 75.1 cm³/mol. The Morgan fingerprint density at radius 3 is 2.15 bits per heavy atom. The number of hydrogen-bond donors (Lipinski definition) is 0. The van der Waals surface area contributed by atoms with Crippen molar-refractivity contribution in [1.29, 1.82) is 5.26 Å². The molecule has 3 aliphatic carbocycles. The quantitative estimate of drug-likeness (QED) is 0.767. The first kappa shape index (κ1) is 13.2. The maximum Gasteiger partial charge on any atom is 0.338 e. The van der Waals surface area contributed by atoms with Crippen molar-refractivity contribution in [1.82, 2.24) is 0 Å². The van der Waals surface area contributed by atoms with Gasteiger partial charge in [-0.25, -0.2) is 4.79 Å². The van der Waals surface area contributed by atoms with Crippen molar-refractivity contribution < 1.29 is 9.53 Å². The second-order valence-corrected chi connectivity index (χ2v) is 6.57. The number of nitrogens with zero attached hydrogens (tertiary/aromatic N) is 1. The summed E-state index contributed by atoms with van der Waals surface area (Å²) in [7, 11) is 0. The summed E-state index contributed by atoms with van der Waals surface area (Å²) in [6.07, 6.45) is 6.46. The third kappa shape index (κ3) is 2.31. The minimum atomic E-state index is -0.250. The Kier molecular flexibility index (Phi) is 3.05. The Labute approximate surface area is 119 Å². The zero-order valence-corrected chi connectivity index (χ0v) is 11.8. The molecular formula is C17H19NO2. The first-order chi connectivity index (χ1) is 9.54. The molecular weight excluding hydrogens is 250 g/mol. The zero-order valence-electron chi connectivity index (χ0n) is 11.8. The minimum Gasteiger partial charge on any atom is -0.455 e. The van der Waals surface area contributed by atoms with E-state index in [1.54, 1.807) is 24.3 Å². The number of hydrogen-bond acceptors (Lipinski definition) is 3. The molecule has 0 N–H and O–H groups in total. The van der Waals surface area contributed by atoms with Crippen LogP contribution in [-0.4, -0.2) is 11.6 Å². The van der Waals surface area contributed by atoms with Crippen LogP contribution in [0, 0.1) is 16.7 Å². The normalized spacial score (nSPS) is 31.6. The van der Waals surface area contributed by atoms with Crippen LogP contribution in [0.15, 0.2) is 24.3 Å². The summed E-state index contributed by atoms with van der Waals surface area (Å²) in [4.78, 5) is 12.3. The summed E-state index contributed by atoms with van der Waals surface area (Å²) in [5, 5.41) is 8.77.